The fraction of sp³-hybridized carbons (Fsp3) is 0.0667. The van der Waals surface area contributed by atoms with Crippen LogP contribution in [0.1, 0.15) is 18.1 Å². The molecule has 0 spiro atoms. The third kappa shape index (κ3) is 3.43. The lowest BCUT2D eigenvalue weighted by Gasteiger charge is -2.05. The van der Waals surface area contributed by atoms with Gasteiger partial charge in [0.15, 0.2) is 0 Å². The summed E-state index contributed by atoms with van der Waals surface area (Å²) in [5.41, 5.74) is 1.84. The molecule has 0 saturated heterocycles. The van der Waals surface area contributed by atoms with Gasteiger partial charge in [-0.25, -0.2) is 8.78 Å². The Labute approximate surface area is 123 Å². The Hall–Kier alpha value is -1.19. The molecule has 0 radical (unpaired) electrons. The molecule has 19 heavy (non-hydrogen) atoms. The van der Waals surface area contributed by atoms with E-state index in [4.69, 9.17) is 11.6 Å². The van der Waals surface area contributed by atoms with Crippen LogP contribution < -0.4 is 0 Å². The van der Waals surface area contributed by atoms with E-state index in [2.05, 4.69) is 15.9 Å². The average Bonchev–Trinajstić information content (AvgIpc) is 2.33. The fourth-order valence-electron chi connectivity index (χ4n) is 1.74. The molecule has 0 aliphatic heterocycles. The molecule has 0 bridgehead atoms. The summed E-state index contributed by atoms with van der Waals surface area (Å²) in [5, 5.41) is 0.0737. The molecular weight excluding hydrogens is 334 g/mol. The summed E-state index contributed by atoms with van der Waals surface area (Å²) in [5.74, 6) is -0.808. The van der Waals surface area contributed by atoms with Crippen LogP contribution in [0.5, 0.6) is 0 Å². The van der Waals surface area contributed by atoms with Crippen LogP contribution in [-0.4, -0.2) is 0 Å². The topological polar surface area (TPSA) is 0 Å². The van der Waals surface area contributed by atoms with E-state index < -0.39 is 5.82 Å². The maximum atomic E-state index is 13.8. The molecule has 0 nitrogen and oxygen atoms in total. The molecule has 0 atom stereocenters. The van der Waals surface area contributed by atoms with Crippen LogP contribution in [0.25, 0.3) is 11.6 Å². The molecule has 0 N–H and O–H groups in total. The van der Waals surface area contributed by atoms with Crippen LogP contribution >= 0.6 is 27.5 Å². The number of hydrogen-bond donors (Lipinski definition) is 0. The Morgan fingerprint density at radius 3 is 2.47 bits per heavy atom. The molecule has 4 heteroatoms. The predicted molar refractivity (Wildman–Crippen MR) is 79.1 cm³/mol. The highest BCUT2D eigenvalue weighted by molar-refractivity contribution is 9.10. The van der Waals surface area contributed by atoms with Gasteiger partial charge >= 0.3 is 0 Å². The zero-order valence-electron chi connectivity index (χ0n) is 10.1. The van der Waals surface area contributed by atoms with Gasteiger partial charge in [-0.1, -0.05) is 45.7 Å². The van der Waals surface area contributed by atoms with Crippen molar-refractivity contribution in [2.24, 2.45) is 0 Å². The van der Waals surface area contributed by atoms with Crippen molar-refractivity contribution in [3.05, 3.63) is 68.7 Å². The van der Waals surface area contributed by atoms with Crippen molar-refractivity contribution in [2.45, 2.75) is 6.92 Å². The van der Waals surface area contributed by atoms with Crippen molar-refractivity contribution < 1.29 is 8.78 Å². The molecule has 0 aliphatic carbocycles. The first-order valence-corrected chi connectivity index (χ1v) is 6.73. The first kappa shape index (κ1) is 14.2. The van der Waals surface area contributed by atoms with Crippen molar-refractivity contribution in [1.29, 1.82) is 0 Å². The highest BCUT2D eigenvalue weighted by Crippen LogP contribution is 2.24. The van der Waals surface area contributed by atoms with Crippen LogP contribution in [0.2, 0.25) is 5.02 Å². The third-order valence-corrected chi connectivity index (χ3v) is 3.48. The van der Waals surface area contributed by atoms with Gasteiger partial charge in [0.1, 0.15) is 11.6 Å². The van der Waals surface area contributed by atoms with E-state index in [1.165, 1.54) is 18.2 Å². The van der Waals surface area contributed by atoms with Crippen molar-refractivity contribution >= 4 is 39.2 Å². The minimum atomic E-state index is -0.487. The molecule has 2 aromatic carbocycles. The lowest BCUT2D eigenvalue weighted by Crippen LogP contribution is -1.87. The largest absolute Gasteiger partial charge is 0.206 e. The highest BCUT2D eigenvalue weighted by atomic mass is 79.9. The first-order valence-electron chi connectivity index (χ1n) is 5.56. The Morgan fingerprint density at radius 1 is 1.11 bits per heavy atom. The third-order valence-electron chi connectivity index (χ3n) is 2.68. The molecular formula is C15H10BrClF2. The van der Waals surface area contributed by atoms with Gasteiger partial charge in [-0.15, -0.1) is 0 Å². The van der Waals surface area contributed by atoms with E-state index in [0.29, 0.717) is 21.2 Å². The van der Waals surface area contributed by atoms with Crippen LogP contribution in [0.4, 0.5) is 8.78 Å². The summed E-state index contributed by atoms with van der Waals surface area (Å²) in [6, 6.07) is 9.33. The van der Waals surface area contributed by atoms with Gasteiger partial charge in [-0.3, -0.25) is 0 Å². The maximum Gasteiger partial charge on any atom is 0.142 e. The number of rotatable bonds is 2. The molecule has 0 heterocycles. The van der Waals surface area contributed by atoms with E-state index >= 15 is 0 Å². The van der Waals surface area contributed by atoms with Crippen LogP contribution in [0, 0.1) is 11.6 Å². The number of halogens is 4. The summed E-state index contributed by atoms with van der Waals surface area (Å²) in [6.45, 7) is 1.78. The molecule has 0 aliphatic rings. The summed E-state index contributed by atoms with van der Waals surface area (Å²) in [6.07, 6.45) is 1.71. The SMILES string of the molecule is CC(=Cc1ccc(Cl)c(F)c1)c1ccc(Br)cc1F. The molecule has 0 unspecified atom stereocenters. The number of benzene rings is 2. The maximum absolute atomic E-state index is 13.8. The first-order chi connectivity index (χ1) is 8.97. The number of allylic oxidation sites excluding steroid dienone is 1. The van der Waals surface area contributed by atoms with E-state index in [0.717, 1.165) is 0 Å². The molecule has 2 rings (SSSR count). The predicted octanol–water partition coefficient (Wildman–Crippen LogP) is 5.94. The molecule has 0 amide bonds. The summed E-state index contributed by atoms with van der Waals surface area (Å²) >= 11 is 8.82. The van der Waals surface area contributed by atoms with Crippen molar-refractivity contribution in [1.82, 2.24) is 0 Å². The summed E-state index contributed by atoms with van der Waals surface area (Å²) < 4.78 is 27.8. The van der Waals surface area contributed by atoms with E-state index in [9.17, 15) is 8.78 Å². The Balaban J connectivity index is 2.39. The molecule has 0 saturated carbocycles. The van der Waals surface area contributed by atoms with Gasteiger partial charge in [-0.05, 0) is 42.3 Å². The quantitative estimate of drug-likeness (QED) is 0.592. The monoisotopic (exact) mass is 342 g/mol. The van der Waals surface area contributed by atoms with Crippen molar-refractivity contribution in [3.8, 4) is 0 Å². The standard InChI is InChI=1S/C15H10BrClF2/c1-9(12-4-3-11(16)8-14(12)18)6-10-2-5-13(17)15(19)7-10/h2-8H,1H3. The minimum Gasteiger partial charge on any atom is -0.206 e. The molecule has 98 valence electrons. The van der Waals surface area contributed by atoms with Gasteiger partial charge in [0.2, 0.25) is 0 Å². The lowest BCUT2D eigenvalue weighted by atomic mass is 10.0. The zero-order chi connectivity index (χ0) is 14.0. The normalized spacial score (nSPS) is 11.7. The van der Waals surface area contributed by atoms with Gasteiger partial charge in [0, 0.05) is 10.0 Å². The Bertz CT molecular complexity index is 651. The van der Waals surface area contributed by atoms with Crippen molar-refractivity contribution in [2.75, 3.05) is 0 Å². The van der Waals surface area contributed by atoms with Gasteiger partial charge in [0.05, 0.1) is 5.02 Å². The number of hydrogen-bond acceptors (Lipinski definition) is 0. The highest BCUT2D eigenvalue weighted by Gasteiger charge is 2.05. The van der Waals surface area contributed by atoms with Crippen LogP contribution in [-0.2, 0) is 0 Å². The van der Waals surface area contributed by atoms with Gasteiger partial charge in [-0.2, -0.15) is 0 Å². The average molecular weight is 344 g/mol. The Morgan fingerprint density at radius 2 is 1.84 bits per heavy atom. The van der Waals surface area contributed by atoms with Crippen LogP contribution in [0.3, 0.4) is 0 Å². The van der Waals surface area contributed by atoms with Crippen molar-refractivity contribution in [3.63, 3.8) is 0 Å². The molecule has 0 fully saturated rings. The zero-order valence-corrected chi connectivity index (χ0v) is 12.4. The van der Waals surface area contributed by atoms with E-state index in [1.807, 2.05) is 0 Å². The molecule has 0 aromatic heterocycles. The fourth-order valence-corrected chi connectivity index (χ4v) is 2.19. The van der Waals surface area contributed by atoms with Crippen LogP contribution in [0.15, 0.2) is 40.9 Å². The second-order valence-corrected chi connectivity index (χ2v) is 5.45. The minimum absolute atomic E-state index is 0.0737. The second-order valence-electron chi connectivity index (χ2n) is 4.13. The van der Waals surface area contributed by atoms with Gasteiger partial charge < -0.3 is 0 Å². The molecule has 2 aromatic rings. The van der Waals surface area contributed by atoms with E-state index in [1.54, 1.807) is 31.2 Å². The second kappa shape index (κ2) is 5.85. The van der Waals surface area contributed by atoms with Gasteiger partial charge in [0.25, 0.3) is 0 Å². The smallest absolute Gasteiger partial charge is 0.142 e. The lowest BCUT2D eigenvalue weighted by molar-refractivity contribution is 0.623. The van der Waals surface area contributed by atoms with E-state index in [-0.39, 0.29) is 10.8 Å². The Kier molecular flexibility index (Phi) is 4.38. The summed E-state index contributed by atoms with van der Waals surface area (Å²) in [4.78, 5) is 0. The summed E-state index contributed by atoms with van der Waals surface area (Å²) in [7, 11) is 0.